The third kappa shape index (κ3) is 4.11. The van der Waals surface area contributed by atoms with Crippen LogP contribution in [0.5, 0.6) is 0 Å². The molecule has 2 N–H and O–H groups in total. The second-order valence-corrected chi connectivity index (χ2v) is 5.17. The predicted molar refractivity (Wildman–Crippen MR) is 82.6 cm³/mol. The Kier molecular flexibility index (Phi) is 4.58. The van der Waals surface area contributed by atoms with Crippen molar-refractivity contribution in [3.63, 3.8) is 0 Å². The van der Waals surface area contributed by atoms with Crippen molar-refractivity contribution < 1.29 is 0 Å². The van der Waals surface area contributed by atoms with Crippen molar-refractivity contribution in [1.82, 2.24) is 0 Å². The van der Waals surface area contributed by atoms with Gasteiger partial charge in [-0.05, 0) is 36.6 Å². The van der Waals surface area contributed by atoms with E-state index in [9.17, 15) is 0 Å². The van der Waals surface area contributed by atoms with E-state index in [0.717, 1.165) is 13.0 Å². The number of hydrogen-bond acceptors (Lipinski definition) is 2. The highest BCUT2D eigenvalue weighted by molar-refractivity contribution is 5.47. The van der Waals surface area contributed by atoms with Crippen LogP contribution in [-0.4, -0.2) is 19.6 Å². The molecular formula is C17H22N2. The van der Waals surface area contributed by atoms with E-state index in [2.05, 4.69) is 67.4 Å². The largest absolute Gasteiger partial charge is 0.373 e. The Morgan fingerprint density at radius 2 is 1.79 bits per heavy atom. The number of nitrogens with two attached hydrogens (primary N) is 1. The number of anilines is 1. The predicted octanol–water partition coefficient (Wildman–Crippen LogP) is 3.00. The summed E-state index contributed by atoms with van der Waals surface area (Å²) in [5.41, 5.74) is 10.0. The number of aryl methyl sites for hydroxylation is 1. The van der Waals surface area contributed by atoms with Crippen LogP contribution in [0.15, 0.2) is 54.6 Å². The summed E-state index contributed by atoms with van der Waals surface area (Å²) < 4.78 is 0. The highest BCUT2D eigenvalue weighted by Crippen LogP contribution is 2.14. The third-order valence-electron chi connectivity index (χ3n) is 3.29. The van der Waals surface area contributed by atoms with Crippen molar-refractivity contribution >= 4 is 5.69 Å². The Balaban J connectivity index is 1.93. The molecule has 1 atom stereocenters. The highest BCUT2D eigenvalue weighted by Gasteiger charge is 2.08. The van der Waals surface area contributed by atoms with Gasteiger partial charge in [-0.15, -0.1) is 0 Å². The van der Waals surface area contributed by atoms with Gasteiger partial charge in [-0.1, -0.05) is 42.5 Å². The van der Waals surface area contributed by atoms with E-state index >= 15 is 0 Å². The number of benzene rings is 2. The maximum absolute atomic E-state index is 6.24. The molecule has 0 aliphatic rings. The van der Waals surface area contributed by atoms with E-state index in [1.807, 2.05) is 6.07 Å². The molecule has 1 unspecified atom stereocenters. The molecule has 0 spiro atoms. The number of nitrogens with zero attached hydrogens (tertiary/aromatic N) is 1. The van der Waals surface area contributed by atoms with Gasteiger partial charge in [0.15, 0.2) is 0 Å². The maximum Gasteiger partial charge on any atom is 0.0366 e. The molecule has 0 saturated heterocycles. The van der Waals surface area contributed by atoms with Gasteiger partial charge < -0.3 is 10.6 Å². The quantitative estimate of drug-likeness (QED) is 0.888. The highest BCUT2D eigenvalue weighted by atomic mass is 15.1. The van der Waals surface area contributed by atoms with Gasteiger partial charge in [-0.3, -0.25) is 0 Å². The summed E-state index contributed by atoms with van der Waals surface area (Å²) in [5.74, 6) is 0. The lowest BCUT2D eigenvalue weighted by atomic mass is 10.1. The summed E-state index contributed by atoms with van der Waals surface area (Å²) in [6, 6.07) is 19.1. The van der Waals surface area contributed by atoms with Gasteiger partial charge in [0.25, 0.3) is 0 Å². The number of likely N-dealkylation sites (N-methyl/N-ethyl adjacent to an activating group) is 1. The van der Waals surface area contributed by atoms with Crippen LogP contribution >= 0.6 is 0 Å². The van der Waals surface area contributed by atoms with Crippen molar-refractivity contribution in [3.8, 4) is 0 Å². The molecule has 0 heterocycles. The topological polar surface area (TPSA) is 29.3 Å². The zero-order valence-electron chi connectivity index (χ0n) is 11.7. The first-order chi connectivity index (χ1) is 9.15. The Morgan fingerprint density at radius 1 is 1.05 bits per heavy atom. The van der Waals surface area contributed by atoms with Crippen LogP contribution in [0.3, 0.4) is 0 Å². The van der Waals surface area contributed by atoms with E-state index in [1.54, 1.807) is 0 Å². The molecule has 100 valence electrons. The fraction of sp³-hybridized carbons (Fsp3) is 0.294. The summed E-state index contributed by atoms with van der Waals surface area (Å²) in [6.45, 7) is 2.97. The van der Waals surface area contributed by atoms with E-state index < -0.39 is 0 Å². The smallest absolute Gasteiger partial charge is 0.0366 e. The molecule has 0 aliphatic carbocycles. The summed E-state index contributed by atoms with van der Waals surface area (Å²) >= 11 is 0. The van der Waals surface area contributed by atoms with Gasteiger partial charge in [-0.25, -0.2) is 0 Å². The van der Waals surface area contributed by atoms with Crippen LogP contribution in [0, 0.1) is 6.92 Å². The Morgan fingerprint density at radius 3 is 2.47 bits per heavy atom. The van der Waals surface area contributed by atoms with Crippen molar-refractivity contribution in [2.45, 2.75) is 19.4 Å². The summed E-state index contributed by atoms with van der Waals surface area (Å²) in [6.07, 6.45) is 0.914. The van der Waals surface area contributed by atoms with Crippen molar-refractivity contribution in [2.24, 2.45) is 5.73 Å². The van der Waals surface area contributed by atoms with Crippen LogP contribution in [0.1, 0.15) is 11.1 Å². The molecule has 2 nitrogen and oxygen atoms in total. The van der Waals surface area contributed by atoms with Gasteiger partial charge in [-0.2, -0.15) is 0 Å². The molecule has 2 aromatic rings. The molecule has 2 rings (SSSR count). The van der Waals surface area contributed by atoms with Crippen LogP contribution in [0.4, 0.5) is 5.69 Å². The molecule has 0 saturated carbocycles. The number of hydrogen-bond donors (Lipinski definition) is 1. The summed E-state index contributed by atoms with van der Waals surface area (Å²) in [5, 5.41) is 0. The lowest BCUT2D eigenvalue weighted by molar-refractivity contribution is 0.655. The van der Waals surface area contributed by atoms with Crippen molar-refractivity contribution in [1.29, 1.82) is 0 Å². The van der Waals surface area contributed by atoms with E-state index in [0.29, 0.717) is 0 Å². The molecule has 2 aromatic carbocycles. The second kappa shape index (κ2) is 6.39. The van der Waals surface area contributed by atoms with Crippen molar-refractivity contribution in [3.05, 3.63) is 65.7 Å². The lowest BCUT2D eigenvalue weighted by Crippen LogP contribution is -2.36. The Bertz CT molecular complexity index is 508. The zero-order chi connectivity index (χ0) is 13.7. The van der Waals surface area contributed by atoms with E-state index in [-0.39, 0.29) is 6.04 Å². The van der Waals surface area contributed by atoms with Crippen LogP contribution in [-0.2, 0) is 6.42 Å². The monoisotopic (exact) mass is 254 g/mol. The van der Waals surface area contributed by atoms with Gasteiger partial charge in [0.2, 0.25) is 0 Å². The summed E-state index contributed by atoms with van der Waals surface area (Å²) in [4.78, 5) is 2.22. The SMILES string of the molecule is Cc1cccc(N(C)CC(N)Cc2ccccc2)c1. The van der Waals surface area contributed by atoms with Gasteiger partial charge in [0.05, 0.1) is 0 Å². The second-order valence-electron chi connectivity index (χ2n) is 5.17. The molecule has 0 amide bonds. The first-order valence-electron chi connectivity index (χ1n) is 6.72. The van der Waals surface area contributed by atoms with Gasteiger partial charge in [0.1, 0.15) is 0 Å². The number of rotatable bonds is 5. The fourth-order valence-corrected chi connectivity index (χ4v) is 2.30. The third-order valence-corrected chi connectivity index (χ3v) is 3.29. The van der Waals surface area contributed by atoms with E-state index in [1.165, 1.54) is 16.8 Å². The van der Waals surface area contributed by atoms with Crippen LogP contribution < -0.4 is 10.6 Å². The first kappa shape index (κ1) is 13.6. The van der Waals surface area contributed by atoms with Crippen LogP contribution in [0.25, 0.3) is 0 Å². The fourth-order valence-electron chi connectivity index (χ4n) is 2.30. The first-order valence-corrected chi connectivity index (χ1v) is 6.72. The average molecular weight is 254 g/mol. The standard InChI is InChI=1S/C17H22N2/c1-14-7-6-10-17(11-14)19(2)13-16(18)12-15-8-4-3-5-9-15/h3-11,16H,12-13,18H2,1-2H3. The van der Waals surface area contributed by atoms with Gasteiger partial charge in [0, 0.05) is 25.3 Å². The van der Waals surface area contributed by atoms with Crippen LogP contribution in [0.2, 0.25) is 0 Å². The lowest BCUT2D eigenvalue weighted by Gasteiger charge is -2.23. The molecule has 0 radical (unpaired) electrons. The Hall–Kier alpha value is -1.80. The van der Waals surface area contributed by atoms with Gasteiger partial charge >= 0.3 is 0 Å². The molecular weight excluding hydrogens is 232 g/mol. The minimum atomic E-state index is 0.146. The maximum atomic E-state index is 6.24. The molecule has 0 fully saturated rings. The molecule has 0 bridgehead atoms. The molecule has 0 aliphatic heterocycles. The minimum Gasteiger partial charge on any atom is -0.373 e. The average Bonchev–Trinajstić information content (AvgIpc) is 2.39. The van der Waals surface area contributed by atoms with E-state index in [4.69, 9.17) is 5.73 Å². The molecule has 0 aromatic heterocycles. The molecule has 2 heteroatoms. The molecule has 19 heavy (non-hydrogen) atoms. The minimum absolute atomic E-state index is 0.146. The Labute approximate surface area is 115 Å². The zero-order valence-corrected chi connectivity index (χ0v) is 11.7. The van der Waals surface area contributed by atoms with Crippen molar-refractivity contribution in [2.75, 3.05) is 18.5 Å². The normalized spacial score (nSPS) is 12.2. The summed E-state index contributed by atoms with van der Waals surface area (Å²) in [7, 11) is 2.10.